The Kier molecular flexibility index (Phi) is 2.61. The fourth-order valence-electron chi connectivity index (χ4n) is 1.21. The summed E-state index contributed by atoms with van der Waals surface area (Å²) in [5.41, 5.74) is 1.67. The minimum atomic E-state index is -0.412. The Morgan fingerprint density at radius 2 is 2.27 bits per heavy atom. The second-order valence-electron chi connectivity index (χ2n) is 2.87. The van der Waals surface area contributed by atoms with E-state index in [1.165, 1.54) is 23.5 Å². The molecule has 0 spiro atoms. The van der Waals surface area contributed by atoms with Crippen molar-refractivity contribution in [2.75, 3.05) is 0 Å². The number of nitro benzene ring substituents is 1. The van der Waals surface area contributed by atoms with Gasteiger partial charge in [-0.25, -0.2) is 0 Å². The molecule has 6 heteroatoms. The molecule has 0 fully saturated rings. The molecule has 0 bridgehead atoms. The molecule has 0 aliphatic carbocycles. The van der Waals surface area contributed by atoms with Crippen LogP contribution in [0.25, 0.3) is 11.3 Å². The van der Waals surface area contributed by atoms with Gasteiger partial charge in [0.15, 0.2) is 3.95 Å². The van der Waals surface area contributed by atoms with Crippen LogP contribution in [0.3, 0.4) is 0 Å². The molecule has 0 aliphatic heterocycles. The van der Waals surface area contributed by atoms with Crippen LogP contribution < -0.4 is 0 Å². The standard InChI is InChI=1S/C9H6N2O2S2/c12-11(13)7-3-1-2-6(4-7)8-5-15-9(14)10-8/h1-5H,(H,10,14). The maximum Gasteiger partial charge on any atom is 0.270 e. The third kappa shape index (κ3) is 2.11. The van der Waals surface area contributed by atoms with Crippen LogP contribution >= 0.6 is 23.6 Å². The first-order chi connectivity index (χ1) is 7.16. The molecule has 1 N–H and O–H groups in total. The van der Waals surface area contributed by atoms with Crippen LogP contribution in [0.1, 0.15) is 0 Å². The molecular formula is C9H6N2O2S2. The third-order valence-electron chi connectivity index (χ3n) is 1.89. The first kappa shape index (κ1) is 10.0. The lowest BCUT2D eigenvalue weighted by atomic mass is 10.1. The van der Waals surface area contributed by atoms with E-state index in [0.717, 1.165) is 11.3 Å². The number of non-ortho nitro benzene ring substituents is 1. The number of aromatic amines is 1. The van der Waals surface area contributed by atoms with Gasteiger partial charge >= 0.3 is 0 Å². The van der Waals surface area contributed by atoms with E-state index in [4.69, 9.17) is 12.2 Å². The summed E-state index contributed by atoms with van der Waals surface area (Å²) in [5, 5.41) is 12.4. The highest BCUT2D eigenvalue weighted by molar-refractivity contribution is 7.73. The topological polar surface area (TPSA) is 58.9 Å². The lowest BCUT2D eigenvalue weighted by Crippen LogP contribution is -1.87. The summed E-state index contributed by atoms with van der Waals surface area (Å²) in [5.74, 6) is 0. The zero-order valence-electron chi connectivity index (χ0n) is 7.47. The summed E-state index contributed by atoms with van der Waals surface area (Å²) in [7, 11) is 0. The van der Waals surface area contributed by atoms with Crippen LogP contribution in [0, 0.1) is 14.1 Å². The van der Waals surface area contributed by atoms with Gasteiger partial charge in [0.25, 0.3) is 5.69 Å². The molecule has 2 aromatic rings. The molecular weight excluding hydrogens is 232 g/mol. The number of thiazole rings is 1. The largest absolute Gasteiger partial charge is 0.337 e. The summed E-state index contributed by atoms with van der Waals surface area (Å²) in [6.07, 6.45) is 0. The molecule has 1 heterocycles. The molecule has 0 saturated carbocycles. The number of nitrogens with zero attached hydrogens (tertiary/aromatic N) is 1. The molecule has 0 amide bonds. The third-order valence-corrected chi connectivity index (χ3v) is 2.95. The Morgan fingerprint density at radius 3 is 2.87 bits per heavy atom. The minimum Gasteiger partial charge on any atom is -0.337 e. The molecule has 0 unspecified atom stereocenters. The number of benzene rings is 1. The van der Waals surface area contributed by atoms with E-state index in [-0.39, 0.29) is 5.69 Å². The van der Waals surface area contributed by atoms with Crippen molar-refractivity contribution in [2.24, 2.45) is 0 Å². The first-order valence-electron chi connectivity index (χ1n) is 4.09. The Balaban J connectivity index is 2.49. The Labute approximate surface area is 94.4 Å². The highest BCUT2D eigenvalue weighted by Gasteiger charge is 2.07. The molecule has 15 heavy (non-hydrogen) atoms. The predicted octanol–water partition coefficient (Wildman–Crippen LogP) is 3.38. The fourth-order valence-corrected chi connectivity index (χ4v) is 2.05. The average molecular weight is 238 g/mol. The van der Waals surface area contributed by atoms with Gasteiger partial charge in [0.1, 0.15) is 0 Å². The second kappa shape index (κ2) is 3.92. The number of hydrogen-bond donors (Lipinski definition) is 1. The van der Waals surface area contributed by atoms with Crippen molar-refractivity contribution in [1.29, 1.82) is 0 Å². The van der Waals surface area contributed by atoms with E-state index < -0.39 is 4.92 Å². The number of hydrogen-bond acceptors (Lipinski definition) is 4. The predicted molar refractivity (Wildman–Crippen MR) is 61.6 cm³/mol. The van der Waals surface area contributed by atoms with E-state index in [9.17, 15) is 10.1 Å². The number of H-pyrrole nitrogens is 1. The van der Waals surface area contributed by atoms with Crippen LogP contribution in [0.5, 0.6) is 0 Å². The average Bonchev–Trinajstić information content (AvgIpc) is 2.65. The van der Waals surface area contributed by atoms with Crippen LogP contribution in [-0.4, -0.2) is 9.91 Å². The molecule has 1 aromatic heterocycles. The molecule has 0 radical (unpaired) electrons. The molecule has 0 aliphatic rings. The van der Waals surface area contributed by atoms with Crippen molar-refractivity contribution in [2.45, 2.75) is 0 Å². The molecule has 2 rings (SSSR count). The van der Waals surface area contributed by atoms with Crippen molar-refractivity contribution in [3.05, 3.63) is 43.7 Å². The minimum absolute atomic E-state index is 0.0815. The maximum absolute atomic E-state index is 10.6. The highest BCUT2D eigenvalue weighted by Crippen LogP contribution is 2.23. The summed E-state index contributed by atoms with van der Waals surface area (Å²) in [4.78, 5) is 13.1. The Morgan fingerprint density at radius 1 is 1.47 bits per heavy atom. The normalized spacial score (nSPS) is 10.1. The second-order valence-corrected chi connectivity index (χ2v) is 4.42. The van der Waals surface area contributed by atoms with Crippen molar-refractivity contribution in [1.82, 2.24) is 4.98 Å². The summed E-state index contributed by atoms with van der Waals surface area (Å²) in [6, 6.07) is 6.44. The van der Waals surface area contributed by atoms with Gasteiger partial charge in [-0.1, -0.05) is 12.1 Å². The van der Waals surface area contributed by atoms with E-state index >= 15 is 0 Å². The summed E-state index contributed by atoms with van der Waals surface area (Å²) < 4.78 is 0.663. The van der Waals surface area contributed by atoms with Gasteiger partial charge in [-0.3, -0.25) is 10.1 Å². The van der Waals surface area contributed by atoms with Crippen LogP contribution in [0.4, 0.5) is 5.69 Å². The SMILES string of the molecule is O=[N+]([O-])c1cccc(-c2csc(=S)[nH]2)c1. The van der Waals surface area contributed by atoms with Crippen molar-refractivity contribution < 1.29 is 4.92 Å². The quantitative estimate of drug-likeness (QED) is 0.495. The summed E-state index contributed by atoms with van der Waals surface area (Å²) in [6.45, 7) is 0. The maximum atomic E-state index is 10.6. The molecule has 1 aromatic carbocycles. The van der Waals surface area contributed by atoms with Crippen molar-refractivity contribution >= 4 is 29.2 Å². The van der Waals surface area contributed by atoms with E-state index in [1.807, 2.05) is 5.38 Å². The van der Waals surface area contributed by atoms with Gasteiger partial charge < -0.3 is 4.98 Å². The van der Waals surface area contributed by atoms with Gasteiger partial charge in [-0.15, -0.1) is 11.3 Å². The summed E-state index contributed by atoms with van der Waals surface area (Å²) >= 11 is 6.35. The van der Waals surface area contributed by atoms with Crippen LogP contribution in [-0.2, 0) is 0 Å². The first-order valence-corrected chi connectivity index (χ1v) is 5.38. The van der Waals surface area contributed by atoms with Gasteiger partial charge in [-0.05, 0) is 12.2 Å². The van der Waals surface area contributed by atoms with Crippen molar-refractivity contribution in [3.8, 4) is 11.3 Å². The smallest absolute Gasteiger partial charge is 0.270 e. The highest BCUT2D eigenvalue weighted by atomic mass is 32.1. The Bertz CT molecular complexity index is 559. The number of nitrogens with one attached hydrogen (secondary N) is 1. The Hall–Kier alpha value is -1.53. The number of rotatable bonds is 2. The monoisotopic (exact) mass is 238 g/mol. The zero-order chi connectivity index (χ0) is 10.8. The lowest BCUT2D eigenvalue weighted by molar-refractivity contribution is -0.384. The van der Waals surface area contributed by atoms with E-state index in [2.05, 4.69) is 4.98 Å². The molecule has 0 saturated heterocycles. The van der Waals surface area contributed by atoms with E-state index in [0.29, 0.717) is 3.95 Å². The van der Waals surface area contributed by atoms with Gasteiger partial charge in [0, 0.05) is 23.1 Å². The molecule has 4 nitrogen and oxygen atoms in total. The molecule has 0 atom stereocenters. The van der Waals surface area contributed by atoms with Crippen LogP contribution in [0.15, 0.2) is 29.6 Å². The van der Waals surface area contributed by atoms with Crippen molar-refractivity contribution in [3.63, 3.8) is 0 Å². The fraction of sp³-hybridized carbons (Fsp3) is 0. The van der Waals surface area contributed by atoms with Gasteiger partial charge in [0.2, 0.25) is 0 Å². The van der Waals surface area contributed by atoms with Crippen LogP contribution in [0.2, 0.25) is 0 Å². The zero-order valence-corrected chi connectivity index (χ0v) is 9.10. The number of aromatic nitrogens is 1. The number of nitro groups is 1. The lowest BCUT2D eigenvalue weighted by Gasteiger charge is -1.96. The van der Waals surface area contributed by atoms with Gasteiger partial charge in [-0.2, -0.15) is 0 Å². The molecule has 76 valence electrons. The van der Waals surface area contributed by atoms with Gasteiger partial charge in [0.05, 0.1) is 10.6 Å². The van der Waals surface area contributed by atoms with E-state index in [1.54, 1.807) is 12.1 Å².